The summed E-state index contributed by atoms with van der Waals surface area (Å²) in [5.74, 6) is 3.03. The zero-order valence-electron chi connectivity index (χ0n) is 14.7. The van der Waals surface area contributed by atoms with E-state index in [2.05, 4.69) is 10.2 Å². The molecular weight excluding hydrogens is 352 g/mol. The number of benzene rings is 1. The molecule has 1 aromatic heterocycles. The molecule has 0 amide bonds. The smallest absolute Gasteiger partial charge is 0.248 e. The van der Waals surface area contributed by atoms with Crippen LogP contribution in [0.1, 0.15) is 44.4 Å². The number of rotatable bonds is 4. The first kappa shape index (κ1) is 17.2. The molecule has 2 aromatic rings. The van der Waals surface area contributed by atoms with Gasteiger partial charge < -0.3 is 14.8 Å². The molecule has 6 rings (SSSR count). The molecule has 1 aromatic carbocycles. The Kier molecular flexibility index (Phi) is 3.87. The summed E-state index contributed by atoms with van der Waals surface area (Å²) in [6.45, 7) is 0. The van der Waals surface area contributed by atoms with Crippen LogP contribution in [0.25, 0.3) is 11.5 Å². The first-order chi connectivity index (χ1) is 12.9. The van der Waals surface area contributed by atoms with Gasteiger partial charge in [-0.1, -0.05) is 0 Å². The maximum absolute atomic E-state index is 11.3. The molecule has 4 N–H and O–H groups in total. The number of nitrogens with zero attached hydrogens (tertiary/aromatic N) is 2. The zero-order chi connectivity index (χ0) is 18.8. The molecule has 0 spiro atoms. The van der Waals surface area contributed by atoms with E-state index in [9.17, 15) is 20.8 Å². The van der Waals surface area contributed by atoms with Crippen molar-refractivity contribution in [1.29, 1.82) is 0 Å². The fourth-order valence-electron chi connectivity index (χ4n) is 5.92. The van der Waals surface area contributed by atoms with Crippen LogP contribution in [-0.2, 0) is 5.41 Å². The standard InChI is InChI=1S/C18H22N4O5/c23-21(24)14-4-13(5-15(6-14)22(25)26)16-19-20-17(27-16)18-7-10-1-11(8-18)3-12(2-10)9-18/h4-6,10-12,21-23,25H,1-3,7-9H2. The average Bonchev–Trinajstić information content (AvgIpc) is 3.11. The van der Waals surface area contributed by atoms with Gasteiger partial charge in [0.2, 0.25) is 11.8 Å². The van der Waals surface area contributed by atoms with Crippen molar-refractivity contribution < 1.29 is 25.3 Å². The molecule has 1 heterocycles. The van der Waals surface area contributed by atoms with Crippen LogP contribution in [0, 0.1) is 28.2 Å². The maximum atomic E-state index is 11.3. The SMILES string of the molecule is [O-][NH+](O)c1cc(-c2nnc(C34CC5CC(CC(C5)C3)C4)o2)cc([NH+]([O-])O)c1. The van der Waals surface area contributed by atoms with Gasteiger partial charge in [0.25, 0.3) is 0 Å². The third-order valence-electron chi connectivity index (χ3n) is 6.59. The Labute approximate surface area is 155 Å². The molecule has 4 fully saturated rings. The lowest BCUT2D eigenvalue weighted by molar-refractivity contribution is -0.996. The van der Waals surface area contributed by atoms with Crippen molar-refractivity contribution >= 4 is 11.4 Å². The molecule has 0 radical (unpaired) electrons. The second-order valence-electron chi connectivity index (χ2n) is 8.52. The summed E-state index contributed by atoms with van der Waals surface area (Å²) in [5, 5.41) is 47.3. The second-order valence-corrected chi connectivity index (χ2v) is 8.52. The van der Waals surface area contributed by atoms with Gasteiger partial charge in [-0.05, 0) is 56.3 Å². The van der Waals surface area contributed by atoms with Gasteiger partial charge in [-0.25, -0.2) is 10.4 Å². The first-order valence-electron chi connectivity index (χ1n) is 9.38. The lowest BCUT2D eigenvalue weighted by Crippen LogP contribution is -3.00. The van der Waals surface area contributed by atoms with Crippen LogP contribution in [0.15, 0.2) is 22.6 Å². The van der Waals surface area contributed by atoms with Crippen LogP contribution >= 0.6 is 0 Å². The summed E-state index contributed by atoms with van der Waals surface area (Å²) >= 11 is 0. The fourth-order valence-corrected chi connectivity index (χ4v) is 5.92. The quantitative estimate of drug-likeness (QED) is 0.587. The predicted octanol–water partition coefficient (Wildman–Crippen LogP) is 1.01. The number of aromatic nitrogens is 2. The van der Waals surface area contributed by atoms with Crippen LogP contribution in [0.5, 0.6) is 0 Å². The molecule has 9 heteroatoms. The third kappa shape index (κ3) is 2.87. The molecule has 4 aliphatic rings. The lowest BCUT2D eigenvalue weighted by atomic mass is 9.49. The minimum absolute atomic E-state index is 0.0555. The number of quaternary nitrogens is 2. The molecule has 144 valence electrons. The van der Waals surface area contributed by atoms with E-state index in [1.54, 1.807) is 0 Å². The van der Waals surface area contributed by atoms with Crippen molar-refractivity contribution in [2.45, 2.75) is 43.9 Å². The minimum Gasteiger partial charge on any atom is -0.595 e. The van der Waals surface area contributed by atoms with Gasteiger partial charge in [0.05, 0.1) is 11.6 Å². The van der Waals surface area contributed by atoms with Gasteiger partial charge in [0, 0.05) is 17.5 Å². The summed E-state index contributed by atoms with van der Waals surface area (Å²) in [5.41, 5.74) is 0.0507. The molecule has 4 aliphatic carbocycles. The van der Waals surface area contributed by atoms with Gasteiger partial charge in [-0.2, -0.15) is 10.5 Å². The number of hydrogen-bond donors (Lipinski definition) is 4. The number of hydrogen-bond acceptors (Lipinski definition) is 7. The summed E-state index contributed by atoms with van der Waals surface area (Å²) in [7, 11) is 0. The summed E-state index contributed by atoms with van der Waals surface area (Å²) in [6.07, 6.45) is 7.16. The van der Waals surface area contributed by atoms with E-state index in [0.29, 0.717) is 11.5 Å². The highest BCUT2D eigenvalue weighted by Gasteiger charge is 2.54. The largest absolute Gasteiger partial charge is 0.595 e. The Hall–Kier alpha value is -1.88. The maximum Gasteiger partial charge on any atom is 0.248 e. The molecule has 4 bridgehead atoms. The summed E-state index contributed by atoms with van der Waals surface area (Å²) in [6, 6.07) is 3.89. The molecular formula is C18H22N4O5. The Morgan fingerprint density at radius 3 is 1.89 bits per heavy atom. The van der Waals surface area contributed by atoms with E-state index in [0.717, 1.165) is 43.1 Å². The Morgan fingerprint density at radius 1 is 0.889 bits per heavy atom. The van der Waals surface area contributed by atoms with E-state index in [1.807, 2.05) is 0 Å². The Morgan fingerprint density at radius 2 is 1.41 bits per heavy atom. The van der Waals surface area contributed by atoms with Crippen LogP contribution in [0.3, 0.4) is 0 Å². The number of nitrogens with one attached hydrogen (secondary N) is 2. The zero-order valence-corrected chi connectivity index (χ0v) is 14.7. The van der Waals surface area contributed by atoms with Gasteiger partial charge in [0.15, 0.2) is 11.4 Å². The molecule has 9 nitrogen and oxygen atoms in total. The topological polar surface area (TPSA) is 134 Å². The van der Waals surface area contributed by atoms with Crippen molar-refractivity contribution in [3.8, 4) is 11.5 Å². The van der Waals surface area contributed by atoms with Crippen LogP contribution < -0.4 is 10.5 Å². The van der Waals surface area contributed by atoms with E-state index < -0.39 is 10.5 Å². The van der Waals surface area contributed by atoms with E-state index in [4.69, 9.17) is 4.42 Å². The molecule has 4 saturated carbocycles. The fraction of sp³-hybridized carbons (Fsp3) is 0.556. The van der Waals surface area contributed by atoms with Crippen molar-refractivity contribution in [3.63, 3.8) is 0 Å². The van der Waals surface area contributed by atoms with E-state index in [1.165, 1.54) is 31.4 Å². The highest BCUT2D eigenvalue weighted by molar-refractivity contribution is 5.62. The van der Waals surface area contributed by atoms with Crippen LogP contribution in [0.2, 0.25) is 0 Å². The van der Waals surface area contributed by atoms with Gasteiger partial charge >= 0.3 is 0 Å². The van der Waals surface area contributed by atoms with E-state index >= 15 is 0 Å². The first-order valence-corrected chi connectivity index (χ1v) is 9.38. The Bertz CT molecular complexity index is 804. The molecule has 0 aliphatic heterocycles. The van der Waals surface area contributed by atoms with E-state index in [-0.39, 0.29) is 22.7 Å². The molecule has 2 unspecified atom stereocenters. The lowest BCUT2D eigenvalue weighted by Gasteiger charge is -2.55. The second kappa shape index (κ2) is 6.06. The average molecular weight is 374 g/mol. The van der Waals surface area contributed by atoms with Crippen molar-refractivity contribution in [3.05, 3.63) is 34.5 Å². The van der Waals surface area contributed by atoms with Crippen molar-refractivity contribution in [2.75, 3.05) is 0 Å². The normalized spacial score (nSPS) is 34.0. The van der Waals surface area contributed by atoms with Crippen molar-refractivity contribution in [1.82, 2.24) is 10.2 Å². The monoisotopic (exact) mass is 374 g/mol. The molecule has 0 saturated heterocycles. The van der Waals surface area contributed by atoms with Gasteiger partial charge in [0.1, 0.15) is 0 Å². The summed E-state index contributed by atoms with van der Waals surface area (Å²) in [4.78, 5) is 0. The molecule has 2 atom stereocenters. The molecule has 27 heavy (non-hydrogen) atoms. The highest BCUT2D eigenvalue weighted by Crippen LogP contribution is 2.60. The van der Waals surface area contributed by atoms with Crippen molar-refractivity contribution in [2.24, 2.45) is 17.8 Å². The highest BCUT2D eigenvalue weighted by atomic mass is 16.8. The van der Waals surface area contributed by atoms with Crippen LogP contribution in [-0.4, -0.2) is 20.6 Å². The minimum atomic E-state index is -1.19. The van der Waals surface area contributed by atoms with Gasteiger partial charge in [-0.15, -0.1) is 10.2 Å². The van der Waals surface area contributed by atoms with Crippen LogP contribution in [0.4, 0.5) is 11.4 Å². The third-order valence-corrected chi connectivity index (χ3v) is 6.59. The summed E-state index contributed by atoms with van der Waals surface area (Å²) < 4.78 is 6.02. The Balaban J connectivity index is 1.51. The predicted molar refractivity (Wildman–Crippen MR) is 91.1 cm³/mol. The van der Waals surface area contributed by atoms with Gasteiger partial charge in [-0.3, -0.25) is 0 Å².